The normalized spacial score (nSPS) is 10.4. The predicted octanol–water partition coefficient (Wildman–Crippen LogP) is 3.41. The summed E-state index contributed by atoms with van der Waals surface area (Å²) in [4.78, 5) is 22.9. The number of hydrogen-bond acceptors (Lipinski definition) is 3. The average molecular weight is 288 g/mol. The van der Waals surface area contributed by atoms with Crippen LogP contribution in [0.4, 0.5) is 13.2 Å². The number of ether oxygens (including phenoxy) is 1. The highest BCUT2D eigenvalue weighted by Gasteiger charge is 2.17. The van der Waals surface area contributed by atoms with E-state index in [1.54, 1.807) is 0 Å². The SMILES string of the molecule is CCCCOC(=O)CCC(=O)c1cc(F)c(F)cc1F. The predicted molar refractivity (Wildman–Crippen MR) is 65.7 cm³/mol. The van der Waals surface area contributed by atoms with Gasteiger partial charge in [0.1, 0.15) is 5.82 Å². The summed E-state index contributed by atoms with van der Waals surface area (Å²) < 4.78 is 43.8. The van der Waals surface area contributed by atoms with Crippen molar-refractivity contribution in [1.82, 2.24) is 0 Å². The fraction of sp³-hybridized carbons (Fsp3) is 0.429. The molecule has 0 bridgehead atoms. The second kappa shape index (κ2) is 7.67. The molecule has 20 heavy (non-hydrogen) atoms. The molecule has 110 valence electrons. The number of esters is 1. The summed E-state index contributed by atoms with van der Waals surface area (Å²) in [5.74, 6) is -5.16. The van der Waals surface area contributed by atoms with Crippen LogP contribution in [0.25, 0.3) is 0 Å². The number of halogens is 3. The number of ketones is 1. The molecule has 0 saturated carbocycles. The van der Waals surface area contributed by atoms with Gasteiger partial charge in [-0.2, -0.15) is 0 Å². The molecule has 0 radical (unpaired) electrons. The first-order valence-electron chi connectivity index (χ1n) is 6.29. The van der Waals surface area contributed by atoms with Gasteiger partial charge >= 0.3 is 5.97 Å². The molecule has 6 heteroatoms. The maximum atomic E-state index is 13.3. The van der Waals surface area contributed by atoms with Crippen LogP contribution in [0, 0.1) is 17.5 Å². The maximum Gasteiger partial charge on any atom is 0.306 e. The molecule has 0 aliphatic rings. The van der Waals surface area contributed by atoms with Gasteiger partial charge in [-0.1, -0.05) is 13.3 Å². The van der Waals surface area contributed by atoms with Crippen molar-refractivity contribution in [2.75, 3.05) is 6.61 Å². The van der Waals surface area contributed by atoms with E-state index in [4.69, 9.17) is 4.74 Å². The molecule has 0 saturated heterocycles. The van der Waals surface area contributed by atoms with Crippen LogP contribution in [0.15, 0.2) is 12.1 Å². The van der Waals surface area contributed by atoms with Gasteiger partial charge in [0, 0.05) is 12.5 Å². The fourth-order valence-corrected chi connectivity index (χ4v) is 1.49. The van der Waals surface area contributed by atoms with Gasteiger partial charge < -0.3 is 4.74 Å². The Bertz CT molecular complexity index is 501. The number of hydrogen-bond donors (Lipinski definition) is 0. The molecule has 1 aromatic rings. The van der Waals surface area contributed by atoms with E-state index in [9.17, 15) is 22.8 Å². The van der Waals surface area contributed by atoms with Crippen molar-refractivity contribution in [3.8, 4) is 0 Å². The van der Waals surface area contributed by atoms with Crippen LogP contribution in [0.2, 0.25) is 0 Å². The Labute approximate surface area is 114 Å². The van der Waals surface area contributed by atoms with Gasteiger partial charge in [-0.25, -0.2) is 13.2 Å². The first-order valence-corrected chi connectivity index (χ1v) is 6.29. The third-order valence-electron chi connectivity index (χ3n) is 2.63. The first-order chi connectivity index (χ1) is 9.45. The monoisotopic (exact) mass is 288 g/mol. The van der Waals surface area contributed by atoms with Crippen LogP contribution < -0.4 is 0 Å². The van der Waals surface area contributed by atoms with Crippen molar-refractivity contribution >= 4 is 11.8 Å². The van der Waals surface area contributed by atoms with Gasteiger partial charge in [-0.05, 0) is 12.5 Å². The smallest absolute Gasteiger partial charge is 0.306 e. The van der Waals surface area contributed by atoms with Crippen molar-refractivity contribution < 1.29 is 27.5 Å². The van der Waals surface area contributed by atoms with Crippen molar-refractivity contribution in [1.29, 1.82) is 0 Å². The second-order valence-corrected chi connectivity index (χ2v) is 4.24. The van der Waals surface area contributed by atoms with E-state index < -0.39 is 34.8 Å². The minimum Gasteiger partial charge on any atom is -0.466 e. The van der Waals surface area contributed by atoms with Crippen LogP contribution in [-0.2, 0) is 9.53 Å². The Morgan fingerprint density at radius 1 is 1.05 bits per heavy atom. The molecule has 1 rings (SSSR count). The lowest BCUT2D eigenvalue weighted by Gasteiger charge is -2.05. The van der Waals surface area contributed by atoms with E-state index in [0.29, 0.717) is 12.1 Å². The lowest BCUT2D eigenvalue weighted by atomic mass is 10.1. The lowest BCUT2D eigenvalue weighted by molar-refractivity contribution is -0.143. The van der Waals surface area contributed by atoms with Gasteiger partial charge in [0.25, 0.3) is 0 Å². The summed E-state index contributed by atoms with van der Waals surface area (Å²) >= 11 is 0. The average Bonchev–Trinajstić information content (AvgIpc) is 2.40. The Morgan fingerprint density at radius 2 is 1.70 bits per heavy atom. The van der Waals surface area contributed by atoms with Gasteiger partial charge in [0.2, 0.25) is 0 Å². The molecule has 0 atom stereocenters. The third-order valence-corrected chi connectivity index (χ3v) is 2.63. The zero-order valence-electron chi connectivity index (χ0n) is 11.0. The number of carbonyl (C=O) groups is 2. The van der Waals surface area contributed by atoms with Crippen molar-refractivity contribution in [2.24, 2.45) is 0 Å². The van der Waals surface area contributed by atoms with Crippen molar-refractivity contribution in [3.63, 3.8) is 0 Å². The molecular weight excluding hydrogens is 273 g/mol. The van der Waals surface area contributed by atoms with Gasteiger partial charge in [0.05, 0.1) is 18.6 Å². The Kier molecular flexibility index (Phi) is 6.21. The number of Topliss-reactive ketones (excluding diaryl/α,β-unsaturated/α-hetero) is 1. The first kappa shape index (κ1) is 16.2. The molecule has 0 aliphatic carbocycles. The molecule has 0 spiro atoms. The van der Waals surface area contributed by atoms with E-state index in [0.717, 1.165) is 12.8 Å². The van der Waals surface area contributed by atoms with E-state index in [-0.39, 0.29) is 19.4 Å². The largest absolute Gasteiger partial charge is 0.466 e. The molecule has 0 aliphatic heterocycles. The van der Waals surface area contributed by atoms with E-state index >= 15 is 0 Å². The van der Waals surface area contributed by atoms with Gasteiger partial charge in [0.15, 0.2) is 17.4 Å². The molecule has 0 N–H and O–H groups in total. The van der Waals surface area contributed by atoms with Crippen LogP contribution in [0.1, 0.15) is 43.0 Å². The number of benzene rings is 1. The van der Waals surface area contributed by atoms with E-state index in [1.807, 2.05) is 6.92 Å². The molecule has 0 amide bonds. The highest BCUT2D eigenvalue weighted by molar-refractivity contribution is 5.97. The maximum absolute atomic E-state index is 13.3. The van der Waals surface area contributed by atoms with Gasteiger partial charge in [-0.3, -0.25) is 9.59 Å². The molecule has 0 heterocycles. The molecule has 0 unspecified atom stereocenters. The van der Waals surface area contributed by atoms with Crippen molar-refractivity contribution in [3.05, 3.63) is 35.1 Å². The van der Waals surface area contributed by atoms with E-state index in [1.165, 1.54) is 0 Å². The zero-order valence-corrected chi connectivity index (χ0v) is 11.0. The minimum atomic E-state index is -1.36. The summed E-state index contributed by atoms with van der Waals surface area (Å²) in [7, 11) is 0. The quantitative estimate of drug-likeness (QED) is 0.334. The van der Waals surface area contributed by atoms with Crippen molar-refractivity contribution in [2.45, 2.75) is 32.6 Å². The van der Waals surface area contributed by atoms with Crippen LogP contribution in [0.3, 0.4) is 0 Å². The topological polar surface area (TPSA) is 43.4 Å². The van der Waals surface area contributed by atoms with Crippen LogP contribution in [-0.4, -0.2) is 18.4 Å². The standard InChI is InChI=1S/C14H15F3O3/c1-2-3-6-20-14(19)5-4-13(18)9-7-11(16)12(17)8-10(9)15/h7-8H,2-6H2,1H3. The lowest BCUT2D eigenvalue weighted by Crippen LogP contribution is -2.10. The van der Waals surface area contributed by atoms with Gasteiger partial charge in [-0.15, -0.1) is 0 Å². The fourth-order valence-electron chi connectivity index (χ4n) is 1.49. The highest BCUT2D eigenvalue weighted by atomic mass is 19.2. The molecular formula is C14H15F3O3. The summed E-state index contributed by atoms with van der Waals surface area (Å²) in [5, 5.41) is 0. The van der Waals surface area contributed by atoms with E-state index in [2.05, 4.69) is 0 Å². The third kappa shape index (κ3) is 4.68. The Balaban J connectivity index is 2.55. The summed E-state index contributed by atoms with van der Waals surface area (Å²) in [6.45, 7) is 2.20. The number of rotatable bonds is 7. The highest BCUT2D eigenvalue weighted by Crippen LogP contribution is 2.16. The molecule has 0 aromatic heterocycles. The Morgan fingerprint density at radius 3 is 2.35 bits per heavy atom. The molecule has 1 aromatic carbocycles. The van der Waals surface area contributed by atoms with Crippen LogP contribution >= 0.6 is 0 Å². The molecule has 3 nitrogen and oxygen atoms in total. The Hall–Kier alpha value is -1.85. The van der Waals surface area contributed by atoms with Crippen LogP contribution in [0.5, 0.6) is 0 Å². The molecule has 0 fully saturated rings. The zero-order chi connectivity index (χ0) is 15.1. The number of unbranched alkanes of at least 4 members (excludes halogenated alkanes) is 1. The number of carbonyl (C=O) groups excluding carboxylic acids is 2. The summed E-state index contributed by atoms with van der Waals surface area (Å²) in [6.07, 6.45) is 1.05. The summed E-state index contributed by atoms with van der Waals surface area (Å²) in [5.41, 5.74) is -0.565. The minimum absolute atomic E-state index is 0.221. The summed E-state index contributed by atoms with van der Waals surface area (Å²) in [6, 6.07) is 0.803. The second-order valence-electron chi connectivity index (χ2n) is 4.24.